The molecule has 0 bridgehead atoms. The van der Waals surface area contributed by atoms with Gasteiger partial charge in [-0.25, -0.2) is 4.98 Å². The fraction of sp³-hybridized carbons (Fsp3) is 0.571. The number of aromatic nitrogens is 3. The van der Waals surface area contributed by atoms with Gasteiger partial charge < -0.3 is 9.84 Å². The summed E-state index contributed by atoms with van der Waals surface area (Å²) in [5.74, 6) is 1.59. The molecule has 120 valence electrons. The number of nitrogens with zero attached hydrogens (tertiary/aromatic N) is 4. The highest BCUT2D eigenvalue weighted by molar-refractivity contribution is 7.13. The zero-order valence-corrected chi connectivity index (χ0v) is 14.1. The first kappa shape index (κ1) is 16.6. The summed E-state index contributed by atoms with van der Waals surface area (Å²) in [7, 11) is 1.85. The van der Waals surface area contributed by atoms with Gasteiger partial charge in [-0.15, -0.1) is 11.3 Å². The minimum atomic E-state index is -0.329. The van der Waals surface area contributed by atoms with Crippen molar-refractivity contribution in [3.05, 3.63) is 23.3 Å². The molecule has 1 atom stereocenters. The molecule has 1 N–H and O–H groups in total. The Morgan fingerprint density at radius 3 is 2.86 bits per heavy atom. The first-order valence-electron chi connectivity index (χ1n) is 7.17. The smallest absolute Gasteiger partial charge is 0.243 e. The number of rotatable bonds is 7. The normalized spacial score (nSPS) is 12.8. The third kappa shape index (κ3) is 4.60. The van der Waals surface area contributed by atoms with E-state index in [-0.39, 0.29) is 11.9 Å². The highest BCUT2D eigenvalue weighted by Crippen LogP contribution is 2.13. The molecule has 2 heterocycles. The Labute approximate surface area is 133 Å². The van der Waals surface area contributed by atoms with E-state index in [4.69, 9.17) is 4.52 Å². The number of hydrogen-bond acceptors (Lipinski definition) is 7. The van der Waals surface area contributed by atoms with Gasteiger partial charge in [-0.1, -0.05) is 19.0 Å². The van der Waals surface area contributed by atoms with Gasteiger partial charge in [0.1, 0.15) is 0 Å². The van der Waals surface area contributed by atoms with E-state index < -0.39 is 0 Å². The Hall–Kier alpha value is -1.80. The molecular weight excluding hydrogens is 302 g/mol. The molecule has 7 nitrogen and oxygen atoms in total. The second-order valence-electron chi connectivity index (χ2n) is 5.62. The van der Waals surface area contributed by atoms with Gasteiger partial charge in [0.2, 0.25) is 11.8 Å². The van der Waals surface area contributed by atoms with Crippen molar-refractivity contribution in [3.63, 3.8) is 0 Å². The first-order valence-corrected chi connectivity index (χ1v) is 8.05. The fourth-order valence-electron chi connectivity index (χ4n) is 1.85. The van der Waals surface area contributed by atoms with Gasteiger partial charge in [-0.2, -0.15) is 4.98 Å². The molecule has 0 spiro atoms. The van der Waals surface area contributed by atoms with Crippen molar-refractivity contribution in [1.82, 2.24) is 20.0 Å². The van der Waals surface area contributed by atoms with E-state index in [1.807, 2.05) is 24.3 Å². The Morgan fingerprint density at radius 1 is 1.45 bits per heavy atom. The maximum absolute atomic E-state index is 12.1. The number of nitrogens with one attached hydrogen (secondary N) is 1. The molecule has 2 aromatic heterocycles. The summed E-state index contributed by atoms with van der Waals surface area (Å²) < 4.78 is 5.23. The number of anilines is 1. The van der Waals surface area contributed by atoms with E-state index in [1.54, 1.807) is 6.20 Å². The molecule has 0 radical (unpaired) electrons. The zero-order valence-electron chi connectivity index (χ0n) is 13.2. The molecular formula is C14H21N5O2S. The number of likely N-dealkylation sites (N-methyl/N-ethyl adjacent to an activating group) is 1. The molecule has 2 rings (SSSR count). The lowest BCUT2D eigenvalue weighted by molar-refractivity contribution is -0.120. The third-order valence-electron chi connectivity index (χ3n) is 3.19. The van der Waals surface area contributed by atoms with E-state index in [0.29, 0.717) is 29.3 Å². The summed E-state index contributed by atoms with van der Waals surface area (Å²) in [4.78, 5) is 22.4. The Bertz CT molecular complexity index is 596. The summed E-state index contributed by atoms with van der Waals surface area (Å²) >= 11 is 1.39. The van der Waals surface area contributed by atoms with Gasteiger partial charge in [-0.3, -0.25) is 9.69 Å². The predicted molar refractivity (Wildman–Crippen MR) is 84.5 cm³/mol. The summed E-state index contributed by atoms with van der Waals surface area (Å²) in [6, 6.07) is -0.329. The van der Waals surface area contributed by atoms with Crippen molar-refractivity contribution < 1.29 is 9.32 Å². The molecule has 0 saturated heterocycles. The maximum Gasteiger partial charge on any atom is 0.243 e. The lowest BCUT2D eigenvalue weighted by Crippen LogP contribution is -2.39. The predicted octanol–water partition coefficient (Wildman–Crippen LogP) is 2.18. The van der Waals surface area contributed by atoms with Gasteiger partial charge >= 0.3 is 0 Å². The molecule has 1 amide bonds. The van der Waals surface area contributed by atoms with Crippen LogP contribution in [-0.2, 0) is 17.8 Å². The first-order chi connectivity index (χ1) is 10.5. The summed E-state index contributed by atoms with van der Waals surface area (Å²) in [6.45, 7) is 6.46. The highest BCUT2D eigenvalue weighted by Gasteiger charge is 2.21. The van der Waals surface area contributed by atoms with Crippen LogP contribution in [0.25, 0.3) is 0 Å². The fourth-order valence-corrected chi connectivity index (χ4v) is 2.38. The van der Waals surface area contributed by atoms with Crippen molar-refractivity contribution in [3.8, 4) is 0 Å². The minimum Gasteiger partial charge on any atom is -0.338 e. The number of amides is 1. The van der Waals surface area contributed by atoms with Crippen LogP contribution in [0.5, 0.6) is 0 Å². The molecule has 0 aliphatic rings. The van der Waals surface area contributed by atoms with Gasteiger partial charge in [0.25, 0.3) is 0 Å². The van der Waals surface area contributed by atoms with Crippen LogP contribution in [0.2, 0.25) is 0 Å². The average molecular weight is 323 g/mol. The molecule has 2 aromatic rings. The highest BCUT2D eigenvalue weighted by atomic mass is 32.1. The molecule has 0 aliphatic heterocycles. The van der Waals surface area contributed by atoms with Crippen LogP contribution in [0.15, 0.2) is 16.1 Å². The summed E-state index contributed by atoms with van der Waals surface area (Å²) in [5, 5.41) is 9.15. The third-order valence-corrected chi connectivity index (χ3v) is 3.88. The van der Waals surface area contributed by atoms with Crippen molar-refractivity contribution in [1.29, 1.82) is 0 Å². The van der Waals surface area contributed by atoms with E-state index in [0.717, 1.165) is 6.42 Å². The van der Waals surface area contributed by atoms with Crippen molar-refractivity contribution in [2.75, 3.05) is 12.4 Å². The van der Waals surface area contributed by atoms with Gasteiger partial charge in [-0.05, 0) is 19.9 Å². The SMILES string of the molecule is CC(C)Cc1noc(CN(C)C(C)C(=O)Nc2nccs2)n1. The monoisotopic (exact) mass is 323 g/mol. The Balaban J connectivity index is 1.88. The Kier molecular flexibility index (Phi) is 5.62. The van der Waals surface area contributed by atoms with E-state index in [1.165, 1.54) is 11.3 Å². The second kappa shape index (κ2) is 7.46. The van der Waals surface area contributed by atoms with Crippen molar-refractivity contribution in [2.45, 2.75) is 39.8 Å². The topological polar surface area (TPSA) is 84.2 Å². The molecule has 0 saturated carbocycles. The molecule has 8 heteroatoms. The number of carbonyl (C=O) groups is 1. The molecule has 0 aromatic carbocycles. The van der Waals surface area contributed by atoms with Crippen LogP contribution in [0, 0.1) is 5.92 Å². The summed E-state index contributed by atoms with van der Waals surface area (Å²) in [5.41, 5.74) is 0. The standard InChI is InChI=1S/C14H21N5O2S/c1-9(2)7-11-16-12(21-18-11)8-19(4)10(3)13(20)17-14-15-5-6-22-14/h5-6,9-10H,7-8H2,1-4H3,(H,15,17,20). The van der Waals surface area contributed by atoms with E-state index in [9.17, 15) is 4.79 Å². The maximum atomic E-state index is 12.1. The van der Waals surface area contributed by atoms with E-state index in [2.05, 4.69) is 34.3 Å². The van der Waals surface area contributed by atoms with Crippen molar-refractivity contribution >= 4 is 22.4 Å². The quantitative estimate of drug-likeness (QED) is 0.841. The molecule has 1 unspecified atom stereocenters. The lowest BCUT2D eigenvalue weighted by Gasteiger charge is -2.21. The minimum absolute atomic E-state index is 0.112. The van der Waals surface area contributed by atoms with Crippen LogP contribution < -0.4 is 5.32 Å². The summed E-state index contributed by atoms with van der Waals surface area (Å²) in [6.07, 6.45) is 2.44. The molecule has 0 aliphatic carbocycles. The van der Waals surface area contributed by atoms with Crippen molar-refractivity contribution in [2.24, 2.45) is 5.92 Å². The van der Waals surface area contributed by atoms with Gasteiger partial charge in [0.15, 0.2) is 11.0 Å². The molecule has 0 fully saturated rings. The second-order valence-corrected chi connectivity index (χ2v) is 6.51. The molecule has 22 heavy (non-hydrogen) atoms. The average Bonchev–Trinajstić information content (AvgIpc) is 3.09. The van der Waals surface area contributed by atoms with Crippen LogP contribution in [0.1, 0.15) is 32.5 Å². The zero-order chi connectivity index (χ0) is 16.1. The van der Waals surface area contributed by atoms with Crippen LogP contribution in [0.3, 0.4) is 0 Å². The van der Waals surface area contributed by atoms with E-state index >= 15 is 0 Å². The largest absolute Gasteiger partial charge is 0.338 e. The van der Waals surface area contributed by atoms with Gasteiger partial charge in [0, 0.05) is 18.0 Å². The Morgan fingerprint density at radius 2 is 2.23 bits per heavy atom. The number of carbonyl (C=O) groups excluding carboxylic acids is 1. The van der Waals surface area contributed by atoms with Crippen LogP contribution >= 0.6 is 11.3 Å². The number of thiazole rings is 1. The van der Waals surface area contributed by atoms with Gasteiger partial charge in [0.05, 0.1) is 12.6 Å². The van der Waals surface area contributed by atoms with Crippen LogP contribution in [0.4, 0.5) is 5.13 Å². The lowest BCUT2D eigenvalue weighted by atomic mass is 10.1. The number of hydrogen-bond donors (Lipinski definition) is 1. The van der Waals surface area contributed by atoms with Crippen LogP contribution in [-0.4, -0.2) is 39.0 Å².